The lowest BCUT2D eigenvalue weighted by Crippen LogP contribution is -1.81. The molecule has 42 valence electrons. The van der Waals surface area contributed by atoms with Crippen molar-refractivity contribution in [2.75, 3.05) is 0 Å². The summed E-state index contributed by atoms with van der Waals surface area (Å²) in [7, 11) is 0. The van der Waals surface area contributed by atoms with Gasteiger partial charge < -0.3 is 15.9 Å². The number of rotatable bonds is 0. The van der Waals surface area contributed by atoms with Crippen molar-refractivity contribution in [3.8, 4) is 0 Å². The van der Waals surface area contributed by atoms with Crippen molar-refractivity contribution < 1.29 is 15.0 Å². The van der Waals surface area contributed by atoms with Gasteiger partial charge >= 0.3 is 6.16 Å². The van der Waals surface area contributed by atoms with Crippen molar-refractivity contribution >= 4 is 12.5 Å². The minimum Gasteiger partial charge on any atom is -0.450 e. The zero-order chi connectivity index (χ0) is 6.28. The third-order valence-electron chi connectivity index (χ3n) is 0. The molecule has 0 saturated carbocycles. The molecule has 0 atom stereocenters. The Bertz CT molecular complexity index is 58.0. The van der Waals surface area contributed by atoms with Crippen molar-refractivity contribution in [1.29, 1.82) is 5.41 Å². The van der Waals surface area contributed by atoms with E-state index in [1.54, 1.807) is 0 Å². The van der Waals surface area contributed by atoms with Crippen LogP contribution in [0, 0.1) is 5.41 Å². The molecule has 0 bridgehead atoms. The molecule has 0 radical (unpaired) electrons. The van der Waals surface area contributed by atoms with Crippen molar-refractivity contribution in [2.45, 2.75) is 0 Å². The van der Waals surface area contributed by atoms with Gasteiger partial charge in [-0.15, -0.1) is 0 Å². The van der Waals surface area contributed by atoms with Crippen LogP contribution in [0.5, 0.6) is 0 Å². The molecule has 5 N–H and O–H groups in total. The van der Waals surface area contributed by atoms with Gasteiger partial charge in [-0.3, -0.25) is 5.41 Å². The summed E-state index contributed by atoms with van der Waals surface area (Å²) in [6.45, 7) is 0. The lowest BCUT2D eigenvalue weighted by atomic mass is 11.4. The molecule has 0 rings (SSSR count). The van der Waals surface area contributed by atoms with E-state index in [0.29, 0.717) is 0 Å². The Hall–Kier alpha value is -1.26. The predicted molar refractivity (Wildman–Crippen MR) is 23.6 cm³/mol. The molecular formula is C2H6N2O3. The van der Waals surface area contributed by atoms with Crippen LogP contribution >= 0.6 is 0 Å². The molecule has 0 spiro atoms. The van der Waals surface area contributed by atoms with E-state index in [4.69, 9.17) is 20.4 Å². The van der Waals surface area contributed by atoms with Crippen molar-refractivity contribution in [1.82, 2.24) is 0 Å². The summed E-state index contributed by atoms with van der Waals surface area (Å²) in [4.78, 5) is 8.56. The summed E-state index contributed by atoms with van der Waals surface area (Å²) in [6, 6.07) is 0. The average molecular weight is 106 g/mol. The third-order valence-corrected chi connectivity index (χ3v) is 0. The van der Waals surface area contributed by atoms with Crippen LogP contribution in [0.4, 0.5) is 4.79 Å². The normalized spacial score (nSPS) is 5.14. The van der Waals surface area contributed by atoms with Gasteiger partial charge in [-0.05, 0) is 0 Å². The summed E-state index contributed by atoms with van der Waals surface area (Å²) in [5, 5.41) is 19.8. The molecule has 0 aromatic heterocycles. The lowest BCUT2D eigenvalue weighted by molar-refractivity contribution is 0.137. The average Bonchev–Trinajstić information content (AvgIpc) is 1.33. The van der Waals surface area contributed by atoms with Crippen LogP contribution in [0.3, 0.4) is 0 Å². The molecule has 0 aliphatic rings. The predicted octanol–water partition coefficient (Wildman–Crippen LogP) is -0.225. The molecule has 0 heterocycles. The Morgan fingerprint density at radius 1 is 1.71 bits per heavy atom. The van der Waals surface area contributed by atoms with Crippen molar-refractivity contribution in [3.63, 3.8) is 0 Å². The third kappa shape index (κ3) is 22.4. The van der Waals surface area contributed by atoms with Gasteiger partial charge in [0.15, 0.2) is 0 Å². The largest absolute Gasteiger partial charge is 0.503 e. The number of hydrogen-bond donors (Lipinski definition) is 4. The van der Waals surface area contributed by atoms with Gasteiger partial charge in [-0.1, -0.05) is 0 Å². The summed E-state index contributed by atoms with van der Waals surface area (Å²) >= 11 is 0. The van der Waals surface area contributed by atoms with Crippen LogP contribution in [-0.4, -0.2) is 22.7 Å². The van der Waals surface area contributed by atoms with Gasteiger partial charge in [0, 0.05) is 0 Å². The minimum absolute atomic E-state index is 0.750. The maximum Gasteiger partial charge on any atom is 0.503 e. The highest BCUT2D eigenvalue weighted by molar-refractivity contribution is 5.53. The van der Waals surface area contributed by atoms with E-state index in [2.05, 4.69) is 5.73 Å². The zero-order valence-electron chi connectivity index (χ0n) is 3.46. The van der Waals surface area contributed by atoms with E-state index in [0.717, 1.165) is 6.34 Å². The topological polar surface area (TPSA) is 107 Å². The van der Waals surface area contributed by atoms with Crippen LogP contribution in [0.1, 0.15) is 0 Å². The maximum atomic E-state index is 8.56. The molecule has 0 fully saturated rings. The highest BCUT2D eigenvalue weighted by Gasteiger charge is 1.70. The fraction of sp³-hybridized carbons (Fsp3) is 0. The van der Waals surface area contributed by atoms with Crippen LogP contribution in [0.15, 0.2) is 0 Å². The van der Waals surface area contributed by atoms with Gasteiger partial charge in [0.1, 0.15) is 0 Å². The van der Waals surface area contributed by atoms with Gasteiger partial charge in [0.05, 0.1) is 6.34 Å². The molecule has 5 nitrogen and oxygen atoms in total. The molecule has 0 aromatic rings. The van der Waals surface area contributed by atoms with Crippen LogP contribution in [0.25, 0.3) is 0 Å². The van der Waals surface area contributed by atoms with Crippen LogP contribution < -0.4 is 5.73 Å². The smallest absolute Gasteiger partial charge is 0.450 e. The first kappa shape index (κ1) is 9.22. The molecular weight excluding hydrogens is 100 g/mol. The monoisotopic (exact) mass is 106 g/mol. The quantitative estimate of drug-likeness (QED) is 0.253. The molecule has 0 unspecified atom stereocenters. The SMILES string of the molecule is N=CN.O=C(O)O. The highest BCUT2D eigenvalue weighted by atomic mass is 16.6. The zero-order valence-corrected chi connectivity index (χ0v) is 3.46. The summed E-state index contributed by atoms with van der Waals surface area (Å²) in [6.07, 6.45) is -1.08. The van der Waals surface area contributed by atoms with Gasteiger partial charge in [0.25, 0.3) is 0 Å². The summed E-state index contributed by atoms with van der Waals surface area (Å²) in [5.74, 6) is 0. The second kappa shape index (κ2) is 8.83. The molecule has 7 heavy (non-hydrogen) atoms. The van der Waals surface area contributed by atoms with Gasteiger partial charge in [-0.25, -0.2) is 4.79 Å². The molecule has 0 aliphatic carbocycles. The molecule has 5 heteroatoms. The number of nitrogens with one attached hydrogen (secondary N) is 1. The standard InChI is InChI=1S/CH4N2.CH2O3/c2-1-3;2-1(3)4/h1H,(H3,2,3);(H2,2,3,4). The summed E-state index contributed by atoms with van der Waals surface area (Å²) < 4.78 is 0. The van der Waals surface area contributed by atoms with E-state index in [9.17, 15) is 0 Å². The van der Waals surface area contributed by atoms with Crippen LogP contribution in [-0.2, 0) is 0 Å². The van der Waals surface area contributed by atoms with E-state index in [1.807, 2.05) is 0 Å². The summed E-state index contributed by atoms with van der Waals surface area (Å²) in [5.41, 5.74) is 4.39. The highest BCUT2D eigenvalue weighted by Crippen LogP contribution is 1.42. The van der Waals surface area contributed by atoms with E-state index in [1.165, 1.54) is 0 Å². The molecule has 0 aromatic carbocycles. The second-order valence-corrected chi connectivity index (χ2v) is 0.449. The Labute approximate surface area is 39.9 Å². The lowest BCUT2D eigenvalue weighted by Gasteiger charge is -1.60. The Morgan fingerprint density at radius 2 is 1.71 bits per heavy atom. The molecule has 0 aliphatic heterocycles. The number of carbonyl (C=O) groups is 1. The first-order valence-corrected chi connectivity index (χ1v) is 1.27. The Morgan fingerprint density at radius 3 is 1.71 bits per heavy atom. The second-order valence-electron chi connectivity index (χ2n) is 0.449. The number of nitrogens with two attached hydrogens (primary N) is 1. The fourth-order valence-corrected chi connectivity index (χ4v) is 0. The minimum atomic E-state index is -1.83. The Kier molecular flexibility index (Phi) is 11.6. The van der Waals surface area contributed by atoms with Crippen molar-refractivity contribution in [3.05, 3.63) is 0 Å². The van der Waals surface area contributed by atoms with E-state index >= 15 is 0 Å². The number of carboxylic acid groups (broad SMARTS) is 2. The molecule has 0 amide bonds. The Balaban J connectivity index is 0. The number of hydrogen-bond acceptors (Lipinski definition) is 2. The first-order chi connectivity index (χ1) is 3.15. The van der Waals surface area contributed by atoms with E-state index in [-0.39, 0.29) is 0 Å². The maximum absolute atomic E-state index is 8.56. The fourth-order valence-electron chi connectivity index (χ4n) is 0. The molecule has 0 saturated heterocycles. The van der Waals surface area contributed by atoms with Gasteiger partial charge in [-0.2, -0.15) is 0 Å². The first-order valence-electron chi connectivity index (χ1n) is 1.27. The van der Waals surface area contributed by atoms with Crippen LogP contribution in [0.2, 0.25) is 0 Å². The van der Waals surface area contributed by atoms with Gasteiger partial charge in [0.2, 0.25) is 0 Å². The van der Waals surface area contributed by atoms with Crippen molar-refractivity contribution in [2.24, 2.45) is 5.73 Å². The van der Waals surface area contributed by atoms with E-state index < -0.39 is 6.16 Å².